The molecule has 1 aromatic heterocycles. The maximum atomic E-state index is 13.2. The molecule has 0 saturated carbocycles. The zero-order valence-electron chi connectivity index (χ0n) is 19.3. The van der Waals surface area contributed by atoms with Crippen LogP contribution in [0.15, 0.2) is 79.0 Å². The van der Waals surface area contributed by atoms with Gasteiger partial charge in [-0.3, -0.25) is 14.7 Å². The smallest absolute Gasteiger partial charge is 0.236 e. The predicted molar refractivity (Wildman–Crippen MR) is 130 cm³/mol. The number of fused-ring (bicyclic) bond motifs is 1. The van der Waals surface area contributed by atoms with E-state index in [1.807, 2.05) is 59.5 Å². The topological polar surface area (TPSA) is 65.9 Å². The van der Waals surface area contributed by atoms with Gasteiger partial charge < -0.3 is 14.7 Å². The average Bonchev–Trinajstić information content (AvgIpc) is 3.08. The van der Waals surface area contributed by atoms with Crippen LogP contribution in [0.4, 0.5) is 0 Å². The van der Waals surface area contributed by atoms with Crippen molar-refractivity contribution < 1.29 is 14.6 Å². The van der Waals surface area contributed by atoms with E-state index < -0.39 is 6.10 Å². The van der Waals surface area contributed by atoms with Gasteiger partial charge in [0.2, 0.25) is 5.91 Å². The quantitative estimate of drug-likeness (QED) is 0.628. The SMILES string of the molecule is O=C(CN1Cc2ccccc2OC(c2ccccc2)C1)N1CCC(C(O)c2ccccn2)CC1. The molecule has 0 spiro atoms. The van der Waals surface area contributed by atoms with Crippen molar-refractivity contribution in [2.45, 2.75) is 31.6 Å². The number of pyridine rings is 1. The number of aliphatic hydroxyl groups excluding tert-OH is 1. The van der Waals surface area contributed by atoms with Crippen molar-refractivity contribution >= 4 is 5.91 Å². The molecule has 3 aromatic rings. The van der Waals surface area contributed by atoms with E-state index in [2.05, 4.69) is 28.1 Å². The van der Waals surface area contributed by atoms with Gasteiger partial charge in [0.1, 0.15) is 11.9 Å². The number of carbonyl (C=O) groups is 1. The number of hydrogen-bond acceptors (Lipinski definition) is 5. The third kappa shape index (κ3) is 5.13. The van der Waals surface area contributed by atoms with Crippen LogP contribution in [-0.4, -0.2) is 52.0 Å². The highest BCUT2D eigenvalue weighted by atomic mass is 16.5. The summed E-state index contributed by atoms with van der Waals surface area (Å²) >= 11 is 0. The van der Waals surface area contributed by atoms with Gasteiger partial charge in [0.25, 0.3) is 0 Å². The molecule has 5 rings (SSSR count). The van der Waals surface area contributed by atoms with E-state index in [1.54, 1.807) is 6.20 Å². The van der Waals surface area contributed by atoms with Gasteiger partial charge in [-0.25, -0.2) is 0 Å². The highest BCUT2D eigenvalue weighted by Crippen LogP contribution is 2.32. The van der Waals surface area contributed by atoms with Gasteiger partial charge in [0, 0.05) is 37.9 Å². The van der Waals surface area contributed by atoms with E-state index in [-0.39, 0.29) is 17.9 Å². The van der Waals surface area contributed by atoms with Crippen molar-refractivity contribution in [3.63, 3.8) is 0 Å². The van der Waals surface area contributed by atoms with Crippen LogP contribution < -0.4 is 4.74 Å². The molecule has 2 aliphatic rings. The number of amides is 1. The number of rotatable bonds is 5. The molecule has 2 atom stereocenters. The minimum absolute atomic E-state index is 0.125. The second-order valence-corrected chi connectivity index (χ2v) is 9.21. The number of para-hydroxylation sites is 1. The molecule has 1 fully saturated rings. The molecule has 2 aromatic carbocycles. The first-order chi connectivity index (χ1) is 16.7. The van der Waals surface area contributed by atoms with Crippen LogP contribution in [0.25, 0.3) is 0 Å². The number of aliphatic hydroxyl groups is 1. The highest BCUT2D eigenvalue weighted by molar-refractivity contribution is 5.78. The molecule has 1 saturated heterocycles. The van der Waals surface area contributed by atoms with Gasteiger partial charge in [-0.1, -0.05) is 54.6 Å². The molecule has 2 unspecified atom stereocenters. The number of likely N-dealkylation sites (tertiary alicyclic amines) is 1. The second-order valence-electron chi connectivity index (χ2n) is 9.21. The van der Waals surface area contributed by atoms with Crippen molar-refractivity contribution in [1.82, 2.24) is 14.8 Å². The van der Waals surface area contributed by atoms with Crippen molar-refractivity contribution in [3.8, 4) is 5.75 Å². The van der Waals surface area contributed by atoms with Crippen LogP contribution in [-0.2, 0) is 11.3 Å². The molecule has 0 radical (unpaired) electrons. The van der Waals surface area contributed by atoms with E-state index in [0.29, 0.717) is 38.4 Å². The summed E-state index contributed by atoms with van der Waals surface area (Å²) in [7, 11) is 0. The lowest BCUT2D eigenvalue weighted by Gasteiger charge is -2.35. The van der Waals surface area contributed by atoms with Crippen LogP contribution in [0.1, 0.15) is 41.9 Å². The van der Waals surface area contributed by atoms with Crippen molar-refractivity contribution in [2.75, 3.05) is 26.2 Å². The van der Waals surface area contributed by atoms with Crippen molar-refractivity contribution in [3.05, 3.63) is 95.8 Å². The van der Waals surface area contributed by atoms with E-state index in [4.69, 9.17) is 4.74 Å². The Morgan fingerprint density at radius 1 is 1.00 bits per heavy atom. The molecule has 0 bridgehead atoms. The first-order valence-electron chi connectivity index (χ1n) is 12.1. The standard InChI is InChI=1S/C28H31N3O3/c32-27(31-16-13-22(14-17-31)28(33)24-11-6-7-15-29-24)20-30-18-23-10-4-5-12-25(23)34-26(19-30)21-8-2-1-3-9-21/h1-12,15,22,26,28,33H,13-14,16-20H2. The lowest BCUT2D eigenvalue weighted by molar-refractivity contribution is -0.134. The Kier molecular flexibility index (Phi) is 6.88. The number of piperidine rings is 1. The largest absolute Gasteiger partial charge is 0.484 e. The molecular weight excluding hydrogens is 426 g/mol. The Morgan fingerprint density at radius 3 is 2.50 bits per heavy atom. The first kappa shape index (κ1) is 22.6. The third-order valence-electron chi connectivity index (χ3n) is 6.92. The van der Waals surface area contributed by atoms with Crippen molar-refractivity contribution in [1.29, 1.82) is 0 Å². The maximum Gasteiger partial charge on any atom is 0.236 e. The second kappa shape index (κ2) is 10.4. The van der Waals surface area contributed by atoms with Gasteiger partial charge in [-0.05, 0) is 42.5 Å². The Hall–Kier alpha value is -3.22. The Morgan fingerprint density at radius 2 is 1.74 bits per heavy atom. The van der Waals surface area contributed by atoms with Crippen molar-refractivity contribution in [2.24, 2.45) is 5.92 Å². The Bertz CT molecular complexity index is 1080. The van der Waals surface area contributed by atoms with Crippen LogP contribution in [0.5, 0.6) is 5.75 Å². The summed E-state index contributed by atoms with van der Waals surface area (Å²) in [5, 5.41) is 10.7. The van der Waals surface area contributed by atoms with Gasteiger partial charge >= 0.3 is 0 Å². The molecule has 6 heteroatoms. The minimum Gasteiger partial charge on any atom is -0.484 e. The highest BCUT2D eigenvalue weighted by Gasteiger charge is 2.31. The number of hydrogen-bond donors (Lipinski definition) is 1. The fourth-order valence-electron chi connectivity index (χ4n) is 4.99. The zero-order chi connectivity index (χ0) is 23.3. The van der Waals surface area contributed by atoms with Gasteiger partial charge in [0.15, 0.2) is 0 Å². The molecule has 6 nitrogen and oxygen atoms in total. The summed E-state index contributed by atoms with van der Waals surface area (Å²) in [4.78, 5) is 21.7. The normalized spacial score (nSPS) is 20.1. The fourth-order valence-corrected chi connectivity index (χ4v) is 4.99. The molecular formula is C28H31N3O3. The summed E-state index contributed by atoms with van der Waals surface area (Å²) in [5.74, 6) is 1.15. The number of aromatic nitrogens is 1. The predicted octanol–water partition coefficient (Wildman–Crippen LogP) is 3.99. The van der Waals surface area contributed by atoms with Crippen LogP contribution in [0, 0.1) is 5.92 Å². The lowest BCUT2D eigenvalue weighted by Crippen LogP contribution is -2.45. The summed E-state index contributed by atoms with van der Waals surface area (Å²) in [5.41, 5.74) is 2.93. The van der Waals surface area contributed by atoms with E-state index in [1.165, 1.54) is 0 Å². The summed E-state index contributed by atoms with van der Waals surface area (Å²) in [6.45, 7) is 3.01. The van der Waals surface area contributed by atoms with E-state index in [0.717, 1.165) is 29.7 Å². The maximum absolute atomic E-state index is 13.2. The van der Waals surface area contributed by atoms with Gasteiger partial charge in [0.05, 0.1) is 18.3 Å². The lowest BCUT2D eigenvalue weighted by atomic mass is 9.89. The summed E-state index contributed by atoms with van der Waals surface area (Å²) < 4.78 is 6.38. The number of ether oxygens (including phenoxy) is 1. The van der Waals surface area contributed by atoms with Gasteiger partial charge in [-0.2, -0.15) is 0 Å². The monoisotopic (exact) mass is 457 g/mol. The molecule has 2 aliphatic heterocycles. The van der Waals surface area contributed by atoms with Crippen LogP contribution in [0.3, 0.4) is 0 Å². The molecule has 1 N–H and O–H groups in total. The summed E-state index contributed by atoms with van der Waals surface area (Å²) in [6.07, 6.45) is 2.56. The zero-order valence-corrected chi connectivity index (χ0v) is 19.3. The molecule has 0 aliphatic carbocycles. The number of nitrogens with zero attached hydrogens (tertiary/aromatic N) is 3. The van der Waals surface area contributed by atoms with E-state index >= 15 is 0 Å². The Labute approximate surface area is 200 Å². The van der Waals surface area contributed by atoms with Gasteiger partial charge in [-0.15, -0.1) is 0 Å². The molecule has 3 heterocycles. The molecule has 1 amide bonds. The first-order valence-corrected chi connectivity index (χ1v) is 12.1. The third-order valence-corrected chi connectivity index (χ3v) is 6.92. The fraction of sp³-hybridized carbons (Fsp3) is 0.357. The molecule has 176 valence electrons. The molecule has 34 heavy (non-hydrogen) atoms. The average molecular weight is 458 g/mol. The summed E-state index contributed by atoms with van der Waals surface area (Å²) in [6, 6.07) is 23.9. The van der Waals surface area contributed by atoms with E-state index in [9.17, 15) is 9.90 Å². The van der Waals surface area contributed by atoms with Crippen LogP contribution in [0.2, 0.25) is 0 Å². The number of benzene rings is 2. The minimum atomic E-state index is -0.579. The Balaban J connectivity index is 1.23. The number of carbonyl (C=O) groups excluding carboxylic acids is 1. The van der Waals surface area contributed by atoms with Crippen LogP contribution >= 0.6 is 0 Å².